The van der Waals surface area contributed by atoms with Gasteiger partial charge in [0.15, 0.2) is 0 Å². The Hall–Kier alpha value is -2.18. The summed E-state index contributed by atoms with van der Waals surface area (Å²) in [5.41, 5.74) is 2.92. The number of nitrogens with one attached hydrogen (secondary N) is 1. The van der Waals surface area contributed by atoms with Crippen molar-refractivity contribution in [2.24, 2.45) is 7.05 Å². The Bertz CT molecular complexity index is 710. The van der Waals surface area contributed by atoms with Crippen LogP contribution in [0.1, 0.15) is 29.3 Å². The Labute approximate surface area is 135 Å². The van der Waals surface area contributed by atoms with Gasteiger partial charge in [-0.05, 0) is 24.5 Å². The minimum absolute atomic E-state index is 0.0677. The smallest absolute Gasteiger partial charge is 0.239 e. The number of aliphatic hydroxyl groups excluding tert-OH is 1. The molecule has 6 heteroatoms. The molecule has 0 spiro atoms. The molecular formula is C17H22N4O2. The highest BCUT2D eigenvalue weighted by atomic mass is 16.3. The van der Waals surface area contributed by atoms with Crippen LogP contribution in [0.25, 0.3) is 0 Å². The first-order valence-corrected chi connectivity index (χ1v) is 7.81. The molecule has 3 rings (SSSR count). The molecule has 1 aromatic heterocycles. The molecule has 0 radical (unpaired) electrons. The molecular weight excluding hydrogens is 292 g/mol. The first-order valence-electron chi connectivity index (χ1n) is 7.81. The SMILES string of the molecule is Cc1cc(NC(=O)CN2CCC(O)c3ccccc3C2)n(C)n1. The van der Waals surface area contributed by atoms with E-state index in [4.69, 9.17) is 0 Å². The number of carbonyl (C=O) groups is 1. The van der Waals surface area contributed by atoms with Crippen LogP contribution in [0.5, 0.6) is 0 Å². The molecule has 1 aromatic carbocycles. The van der Waals surface area contributed by atoms with Gasteiger partial charge in [-0.2, -0.15) is 5.10 Å². The van der Waals surface area contributed by atoms with Crippen LogP contribution in [0, 0.1) is 6.92 Å². The molecule has 2 N–H and O–H groups in total. The average molecular weight is 314 g/mol. The van der Waals surface area contributed by atoms with Gasteiger partial charge < -0.3 is 10.4 Å². The number of aryl methyl sites for hydroxylation is 2. The number of nitrogens with zero attached hydrogens (tertiary/aromatic N) is 3. The highest BCUT2D eigenvalue weighted by Gasteiger charge is 2.22. The lowest BCUT2D eigenvalue weighted by atomic mass is 10.0. The van der Waals surface area contributed by atoms with Gasteiger partial charge >= 0.3 is 0 Å². The van der Waals surface area contributed by atoms with Gasteiger partial charge in [0, 0.05) is 26.2 Å². The number of amides is 1. The van der Waals surface area contributed by atoms with Gasteiger partial charge in [0.2, 0.25) is 5.91 Å². The number of aliphatic hydroxyl groups is 1. The third kappa shape index (κ3) is 3.60. The van der Waals surface area contributed by atoms with Crippen LogP contribution < -0.4 is 5.32 Å². The lowest BCUT2D eigenvalue weighted by Gasteiger charge is -2.19. The number of benzene rings is 1. The van der Waals surface area contributed by atoms with Crippen molar-refractivity contribution in [1.29, 1.82) is 0 Å². The van der Waals surface area contributed by atoms with Gasteiger partial charge in [0.1, 0.15) is 5.82 Å². The van der Waals surface area contributed by atoms with Gasteiger partial charge in [0.25, 0.3) is 0 Å². The van der Waals surface area contributed by atoms with Crippen molar-refractivity contribution >= 4 is 11.7 Å². The molecule has 2 heterocycles. The summed E-state index contributed by atoms with van der Waals surface area (Å²) in [6, 6.07) is 9.73. The third-order valence-corrected chi connectivity index (χ3v) is 4.16. The zero-order valence-corrected chi connectivity index (χ0v) is 13.5. The predicted molar refractivity (Wildman–Crippen MR) is 87.9 cm³/mol. The summed E-state index contributed by atoms with van der Waals surface area (Å²) in [6.07, 6.45) is 0.175. The van der Waals surface area contributed by atoms with E-state index in [0.717, 1.165) is 16.8 Å². The molecule has 1 aliphatic rings. The molecule has 0 saturated heterocycles. The van der Waals surface area contributed by atoms with Crippen LogP contribution >= 0.6 is 0 Å². The summed E-state index contributed by atoms with van der Waals surface area (Å²) in [5, 5.41) is 17.3. The Morgan fingerprint density at radius 3 is 2.96 bits per heavy atom. The topological polar surface area (TPSA) is 70.4 Å². The van der Waals surface area contributed by atoms with Gasteiger partial charge in [0.05, 0.1) is 18.3 Å². The first kappa shape index (κ1) is 15.7. The summed E-state index contributed by atoms with van der Waals surface area (Å²) in [4.78, 5) is 14.4. The number of rotatable bonds is 3. The number of hydrogen-bond acceptors (Lipinski definition) is 4. The van der Waals surface area contributed by atoms with E-state index in [-0.39, 0.29) is 5.91 Å². The first-order chi connectivity index (χ1) is 11.0. The maximum absolute atomic E-state index is 12.3. The second-order valence-corrected chi connectivity index (χ2v) is 6.06. The average Bonchev–Trinajstić information content (AvgIpc) is 2.73. The van der Waals surface area contributed by atoms with Gasteiger partial charge in [-0.3, -0.25) is 14.4 Å². The van der Waals surface area contributed by atoms with Crippen LogP contribution in [0.15, 0.2) is 30.3 Å². The van der Waals surface area contributed by atoms with Gasteiger partial charge in [-0.1, -0.05) is 24.3 Å². The zero-order chi connectivity index (χ0) is 16.4. The number of fused-ring (bicyclic) bond motifs is 1. The molecule has 1 atom stereocenters. The van der Waals surface area contributed by atoms with E-state index in [0.29, 0.717) is 31.9 Å². The van der Waals surface area contributed by atoms with E-state index in [2.05, 4.69) is 15.3 Å². The summed E-state index contributed by atoms with van der Waals surface area (Å²) in [7, 11) is 1.81. The Morgan fingerprint density at radius 1 is 1.43 bits per heavy atom. The monoisotopic (exact) mass is 314 g/mol. The molecule has 0 saturated carbocycles. The standard InChI is InChI=1S/C17H22N4O2/c1-12-9-16(20(2)19-12)18-17(23)11-21-8-7-15(22)14-6-4-3-5-13(14)10-21/h3-6,9,15,22H,7-8,10-11H2,1-2H3,(H,18,23). The maximum atomic E-state index is 12.3. The number of hydrogen-bond donors (Lipinski definition) is 2. The van der Waals surface area contributed by atoms with E-state index in [1.165, 1.54) is 0 Å². The Morgan fingerprint density at radius 2 is 2.22 bits per heavy atom. The summed E-state index contributed by atoms with van der Waals surface area (Å²) in [5.74, 6) is 0.629. The minimum Gasteiger partial charge on any atom is -0.388 e. The fraction of sp³-hybridized carbons (Fsp3) is 0.412. The van der Waals surface area contributed by atoms with Gasteiger partial charge in [-0.15, -0.1) is 0 Å². The number of aromatic nitrogens is 2. The Balaban J connectivity index is 1.66. The predicted octanol–water partition coefficient (Wildman–Crippen LogP) is 1.61. The van der Waals surface area contributed by atoms with Crippen molar-refractivity contribution in [1.82, 2.24) is 14.7 Å². The third-order valence-electron chi connectivity index (χ3n) is 4.16. The van der Waals surface area contributed by atoms with Crippen LogP contribution in [0.3, 0.4) is 0 Å². The second-order valence-electron chi connectivity index (χ2n) is 6.06. The molecule has 2 aromatic rings. The van der Waals surface area contributed by atoms with Crippen LogP contribution in [0.4, 0.5) is 5.82 Å². The summed E-state index contributed by atoms with van der Waals surface area (Å²) >= 11 is 0. The van der Waals surface area contributed by atoms with Crippen molar-refractivity contribution in [2.45, 2.75) is 26.0 Å². The van der Waals surface area contributed by atoms with Crippen LogP contribution in [-0.2, 0) is 18.4 Å². The minimum atomic E-state index is -0.459. The quantitative estimate of drug-likeness (QED) is 0.903. The fourth-order valence-electron chi connectivity index (χ4n) is 3.03. The van der Waals surface area contributed by atoms with E-state index in [1.54, 1.807) is 11.7 Å². The molecule has 122 valence electrons. The lowest BCUT2D eigenvalue weighted by Crippen LogP contribution is -2.33. The normalized spacial score (nSPS) is 18.3. The molecule has 6 nitrogen and oxygen atoms in total. The molecule has 23 heavy (non-hydrogen) atoms. The van der Waals surface area contributed by atoms with E-state index in [1.807, 2.05) is 37.3 Å². The van der Waals surface area contributed by atoms with Crippen molar-refractivity contribution in [2.75, 3.05) is 18.4 Å². The highest BCUT2D eigenvalue weighted by Crippen LogP contribution is 2.26. The van der Waals surface area contributed by atoms with Crippen molar-refractivity contribution in [3.8, 4) is 0 Å². The molecule has 1 aliphatic heterocycles. The largest absolute Gasteiger partial charge is 0.388 e. The van der Waals surface area contributed by atoms with E-state index < -0.39 is 6.10 Å². The van der Waals surface area contributed by atoms with Gasteiger partial charge in [-0.25, -0.2) is 0 Å². The molecule has 0 bridgehead atoms. The molecule has 0 fully saturated rings. The molecule has 0 aliphatic carbocycles. The lowest BCUT2D eigenvalue weighted by molar-refractivity contribution is -0.117. The van der Waals surface area contributed by atoms with Crippen LogP contribution in [-0.4, -0.2) is 38.8 Å². The number of anilines is 1. The van der Waals surface area contributed by atoms with E-state index in [9.17, 15) is 9.90 Å². The van der Waals surface area contributed by atoms with Crippen molar-refractivity contribution < 1.29 is 9.90 Å². The Kier molecular flexibility index (Phi) is 4.45. The van der Waals surface area contributed by atoms with Crippen LogP contribution in [0.2, 0.25) is 0 Å². The highest BCUT2D eigenvalue weighted by molar-refractivity contribution is 5.91. The van der Waals surface area contributed by atoms with E-state index >= 15 is 0 Å². The zero-order valence-electron chi connectivity index (χ0n) is 13.5. The number of carbonyl (C=O) groups excluding carboxylic acids is 1. The molecule has 1 unspecified atom stereocenters. The second kappa shape index (κ2) is 6.52. The maximum Gasteiger partial charge on any atom is 0.239 e. The van der Waals surface area contributed by atoms with Crippen molar-refractivity contribution in [3.63, 3.8) is 0 Å². The summed E-state index contributed by atoms with van der Waals surface area (Å²) in [6.45, 7) is 3.55. The molecule has 1 amide bonds. The summed E-state index contributed by atoms with van der Waals surface area (Å²) < 4.78 is 1.66. The van der Waals surface area contributed by atoms with Crippen molar-refractivity contribution in [3.05, 3.63) is 47.2 Å². The fourth-order valence-corrected chi connectivity index (χ4v) is 3.03.